The lowest BCUT2D eigenvalue weighted by Crippen LogP contribution is -2.14. The van der Waals surface area contributed by atoms with Crippen molar-refractivity contribution in [2.75, 3.05) is 11.9 Å². The highest BCUT2D eigenvalue weighted by molar-refractivity contribution is 9.11. The van der Waals surface area contributed by atoms with E-state index in [0.29, 0.717) is 11.3 Å². The number of carbonyl (C=O) groups excluding carboxylic acids is 1. The van der Waals surface area contributed by atoms with Crippen molar-refractivity contribution in [2.24, 2.45) is 0 Å². The number of hydrogen-bond donors (Lipinski definition) is 1. The number of carbonyl (C=O) groups is 1. The quantitative estimate of drug-likeness (QED) is 0.835. The van der Waals surface area contributed by atoms with Crippen LogP contribution >= 0.6 is 31.9 Å². The molecule has 0 heterocycles. The maximum Gasteiger partial charge on any atom is 0.411 e. The van der Waals surface area contributed by atoms with Gasteiger partial charge in [-0.05, 0) is 40.5 Å². The van der Waals surface area contributed by atoms with Crippen molar-refractivity contribution in [3.63, 3.8) is 0 Å². The van der Waals surface area contributed by atoms with Crippen LogP contribution < -0.4 is 5.32 Å². The maximum absolute atomic E-state index is 11.3. The van der Waals surface area contributed by atoms with Crippen molar-refractivity contribution in [1.82, 2.24) is 0 Å². The molecule has 16 heavy (non-hydrogen) atoms. The van der Waals surface area contributed by atoms with Crippen LogP contribution in [0.4, 0.5) is 10.5 Å². The minimum atomic E-state index is -0.534. The molecule has 0 atom stereocenters. The fourth-order valence-corrected chi connectivity index (χ4v) is 2.45. The summed E-state index contributed by atoms with van der Waals surface area (Å²) in [5.41, 5.74) is 1.29. The smallest absolute Gasteiger partial charge is 0.411 e. The van der Waals surface area contributed by atoms with Crippen molar-refractivity contribution < 1.29 is 9.53 Å². The average molecular weight is 348 g/mol. The van der Waals surface area contributed by atoms with Gasteiger partial charge < -0.3 is 4.74 Å². The summed E-state index contributed by atoms with van der Waals surface area (Å²) in [5, 5.41) is 2.60. The van der Waals surface area contributed by atoms with Gasteiger partial charge in [-0.15, -0.1) is 0 Å². The Balaban J connectivity index is 2.81. The number of nitrogens with one attached hydrogen (secondary N) is 1. The molecule has 0 saturated carbocycles. The van der Waals surface area contributed by atoms with Crippen LogP contribution in [-0.2, 0) is 4.74 Å². The molecule has 0 aliphatic heterocycles. The van der Waals surface area contributed by atoms with Gasteiger partial charge in [-0.3, -0.25) is 5.32 Å². The summed E-state index contributed by atoms with van der Waals surface area (Å²) in [6.07, 6.45) is 0.967. The Morgan fingerprint density at radius 3 is 2.75 bits per heavy atom. The molecule has 0 saturated heterocycles. The lowest BCUT2D eigenvalue weighted by Gasteiger charge is -2.10. The van der Waals surface area contributed by atoms with E-state index < -0.39 is 6.09 Å². The number of ether oxygens (including phenoxy) is 1. The summed E-state index contributed by atoms with van der Waals surface area (Å²) in [7, 11) is 0. The summed E-state index contributed by atoms with van der Waals surface area (Å²) < 4.78 is 6.43. The molecule has 3 nitrogen and oxygen atoms in total. The summed E-state index contributed by atoms with van der Waals surface area (Å²) >= 11 is 6.66. The summed E-state index contributed by atoms with van der Waals surface area (Å²) in [4.78, 5) is 11.3. The molecule has 0 bridgehead atoms. The molecule has 5 heteroatoms. The van der Waals surface area contributed by atoms with Crippen molar-refractivity contribution in [3.05, 3.63) is 46.2 Å². The van der Waals surface area contributed by atoms with Crippen LogP contribution in [0.1, 0.15) is 5.56 Å². The lowest BCUT2D eigenvalue weighted by atomic mass is 10.2. The van der Waals surface area contributed by atoms with Crippen LogP contribution in [-0.4, -0.2) is 12.7 Å². The van der Waals surface area contributed by atoms with Crippen LogP contribution in [0, 0.1) is 6.92 Å². The zero-order chi connectivity index (χ0) is 12.1. The van der Waals surface area contributed by atoms with Crippen molar-refractivity contribution in [2.45, 2.75) is 0 Å². The Labute approximate surface area is 111 Å². The molecule has 1 N–H and O–H groups in total. The SMILES string of the molecule is [CH2]c1cc(Br)cc(Br)c1NC(=O)OCC=C. The molecule has 0 aromatic heterocycles. The van der Waals surface area contributed by atoms with Crippen LogP contribution in [0.25, 0.3) is 0 Å². The molecular formula is C11H10Br2NO2. The second-order valence-electron chi connectivity index (χ2n) is 2.93. The zero-order valence-electron chi connectivity index (χ0n) is 8.43. The first-order chi connectivity index (χ1) is 7.54. The predicted molar refractivity (Wildman–Crippen MR) is 71.5 cm³/mol. The highest BCUT2D eigenvalue weighted by atomic mass is 79.9. The first kappa shape index (κ1) is 13.3. The largest absolute Gasteiger partial charge is 0.445 e. The Morgan fingerprint density at radius 1 is 1.50 bits per heavy atom. The van der Waals surface area contributed by atoms with Gasteiger partial charge in [-0.1, -0.05) is 28.6 Å². The number of rotatable bonds is 3. The molecule has 1 amide bonds. The minimum Gasteiger partial charge on any atom is -0.445 e. The molecule has 1 radical (unpaired) electrons. The number of amides is 1. The predicted octanol–water partition coefficient (Wildman–Crippen LogP) is 4.13. The van der Waals surface area contributed by atoms with Gasteiger partial charge in [0, 0.05) is 8.95 Å². The highest BCUT2D eigenvalue weighted by Crippen LogP contribution is 2.30. The van der Waals surface area contributed by atoms with Crippen molar-refractivity contribution >= 4 is 43.6 Å². The van der Waals surface area contributed by atoms with Crippen molar-refractivity contribution in [3.8, 4) is 0 Å². The number of hydrogen-bond acceptors (Lipinski definition) is 2. The van der Waals surface area contributed by atoms with Gasteiger partial charge in [0.05, 0.1) is 5.69 Å². The van der Waals surface area contributed by atoms with Gasteiger partial charge in [-0.2, -0.15) is 0 Å². The fourth-order valence-electron chi connectivity index (χ4n) is 1.04. The molecule has 0 aliphatic carbocycles. The summed E-state index contributed by atoms with van der Waals surface area (Å²) in [6.45, 7) is 7.45. The molecule has 1 aromatic rings. The van der Waals surface area contributed by atoms with Crippen LogP contribution in [0.3, 0.4) is 0 Å². The second-order valence-corrected chi connectivity index (χ2v) is 4.70. The van der Waals surface area contributed by atoms with E-state index in [1.54, 1.807) is 6.07 Å². The summed E-state index contributed by atoms with van der Waals surface area (Å²) in [5.74, 6) is 0. The number of benzene rings is 1. The van der Waals surface area contributed by atoms with E-state index >= 15 is 0 Å². The standard InChI is InChI=1S/C11H10Br2NO2/c1-3-4-16-11(15)14-10-7(2)5-8(12)6-9(10)13/h3,5-6H,1-2,4H2,(H,14,15). The third kappa shape index (κ3) is 3.64. The van der Waals surface area contributed by atoms with Gasteiger partial charge in [0.1, 0.15) is 6.61 Å². The van der Waals surface area contributed by atoms with Gasteiger partial charge >= 0.3 is 6.09 Å². The van der Waals surface area contributed by atoms with Gasteiger partial charge in [-0.25, -0.2) is 4.79 Å². The van der Waals surface area contributed by atoms with Crippen molar-refractivity contribution in [1.29, 1.82) is 0 Å². The van der Waals surface area contributed by atoms with E-state index in [1.165, 1.54) is 6.08 Å². The first-order valence-corrected chi connectivity index (χ1v) is 5.99. The fraction of sp³-hybridized carbons (Fsp3) is 0.0909. The number of halogens is 2. The average Bonchev–Trinajstić information content (AvgIpc) is 2.20. The van der Waals surface area contributed by atoms with Crippen LogP contribution in [0.15, 0.2) is 33.7 Å². The first-order valence-electron chi connectivity index (χ1n) is 4.40. The van der Waals surface area contributed by atoms with Crippen LogP contribution in [0.5, 0.6) is 0 Å². The monoisotopic (exact) mass is 346 g/mol. The molecule has 85 valence electrons. The Bertz CT molecular complexity index is 395. The van der Waals surface area contributed by atoms with E-state index in [0.717, 1.165) is 8.95 Å². The maximum atomic E-state index is 11.3. The highest BCUT2D eigenvalue weighted by Gasteiger charge is 2.09. The molecule has 0 aliphatic rings. The normalized spacial score (nSPS) is 9.69. The van der Waals surface area contributed by atoms with E-state index in [2.05, 4.69) is 50.7 Å². The molecular weight excluding hydrogens is 338 g/mol. The second kappa shape index (κ2) is 6.06. The van der Waals surface area contributed by atoms with Gasteiger partial charge in [0.15, 0.2) is 0 Å². The summed E-state index contributed by atoms with van der Waals surface area (Å²) in [6, 6.07) is 3.62. The van der Waals surface area contributed by atoms with E-state index in [1.807, 2.05) is 6.07 Å². The van der Waals surface area contributed by atoms with E-state index in [9.17, 15) is 4.79 Å². The molecule has 0 unspecified atom stereocenters. The Morgan fingerprint density at radius 2 is 2.19 bits per heavy atom. The molecule has 1 aromatic carbocycles. The zero-order valence-corrected chi connectivity index (χ0v) is 11.6. The third-order valence-electron chi connectivity index (χ3n) is 1.70. The molecule has 0 fully saturated rings. The van der Waals surface area contributed by atoms with E-state index in [4.69, 9.17) is 4.74 Å². The lowest BCUT2D eigenvalue weighted by molar-refractivity contribution is 0.174. The van der Waals surface area contributed by atoms with Gasteiger partial charge in [0.25, 0.3) is 0 Å². The number of anilines is 1. The minimum absolute atomic E-state index is 0.173. The topological polar surface area (TPSA) is 38.3 Å². The molecule has 1 rings (SSSR count). The van der Waals surface area contributed by atoms with Gasteiger partial charge in [0.2, 0.25) is 0 Å². The van der Waals surface area contributed by atoms with E-state index in [-0.39, 0.29) is 6.61 Å². The van der Waals surface area contributed by atoms with Crippen LogP contribution in [0.2, 0.25) is 0 Å². The molecule has 0 spiro atoms. The third-order valence-corrected chi connectivity index (χ3v) is 2.78. The Kier molecular flexibility index (Phi) is 5.02. The Hall–Kier alpha value is -0.810.